The van der Waals surface area contributed by atoms with Gasteiger partial charge in [0.2, 0.25) is 15.9 Å². The maximum Gasteiger partial charge on any atom is 0.350 e. The molecule has 172 valence electrons. The normalized spacial score (nSPS) is 12.2. The first kappa shape index (κ1) is 23.7. The number of fused-ring (bicyclic) bond motifs is 1. The molecule has 32 heavy (non-hydrogen) atoms. The van der Waals surface area contributed by atoms with Crippen LogP contribution in [0.2, 0.25) is 0 Å². The molecule has 0 saturated carbocycles. The second kappa shape index (κ2) is 9.66. The van der Waals surface area contributed by atoms with Crippen LogP contribution in [-0.4, -0.2) is 41.6 Å². The van der Waals surface area contributed by atoms with Crippen molar-refractivity contribution in [1.29, 1.82) is 0 Å². The molecule has 0 atom stereocenters. The van der Waals surface area contributed by atoms with Gasteiger partial charge in [0, 0.05) is 32.3 Å². The third kappa shape index (κ3) is 5.83. The van der Waals surface area contributed by atoms with E-state index in [-0.39, 0.29) is 34.9 Å². The highest BCUT2D eigenvalue weighted by Gasteiger charge is 2.17. The first-order valence-corrected chi connectivity index (χ1v) is 12.0. The molecule has 9 nitrogen and oxygen atoms in total. The maximum atomic E-state index is 12.4. The quantitative estimate of drug-likeness (QED) is 0.473. The Labute approximate surface area is 187 Å². The number of nitrogens with one attached hydrogen (secondary N) is 2. The summed E-state index contributed by atoms with van der Waals surface area (Å²) in [6.45, 7) is 6.91. The summed E-state index contributed by atoms with van der Waals surface area (Å²) in [5.41, 5.74) is 1.33. The summed E-state index contributed by atoms with van der Waals surface area (Å²) >= 11 is 0. The molecule has 1 amide bonds. The predicted molar refractivity (Wildman–Crippen MR) is 122 cm³/mol. The molecule has 3 rings (SSSR count). The van der Waals surface area contributed by atoms with Crippen molar-refractivity contribution in [3.05, 3.63) is 64.7 Å². The van der Waals surface area contributed by atoms with Crippen LogP contribution in [0.5, 0.6) is 0 Å². The number of benzene rings is 1. The summed E-state index contributed by atoms with van der Waals surface area (Å²) in [4.78, 5) is 24.4. The molecule has 0 aliphatic heterocycles. The van der Waals surface area contributed by atoms with Crippen molar-refractivity contribution in [2.75, 3.05) is 13.1 Å². The zero-order valence-electron chi connectivity index (χ0n) is 18.5. The summed E-state index contributed by atoms with van der Waals surface area (Å²) in [7, 11) is -3.68. The van der Waals surface area contributed by atoms with Crippen molar-refractivity contribution in [3.63, 3.8) is 0 Å². The number of hydrogen-bond acceptors (Lipinski definition) is 5. The number of amides is 1. The maximum absolute atomic E-state index is 12.4. The summed E-state index contributed by atoms with van der Waals surface area (Å²) in [6, 6.07) is 12.1. The second-order valence-electron chi connectivity index (χ2n) is 8.56. The fourth-order valence-corrected chi connectivity index (χ4v) is 4.21. The number of aromatic nitrogens is 3. The van der Waals surface area contributed by atoms with Crippen molar-refractivity contribution < 1.29 is 13.2 Å². The number of sulfonamides is 1. The van der Waals surface area contributed by atoms with Gasteiger partial charge in [-0.2, -0.15) is 0 Å². The van der Waals surface area contributed by atoms with Gasteiger partial charge in [-0.15, -0.1) is 5.10 Å². The Balaban J connectivity index is 1.41. The SMILES string of the molecule is CC(C)(C)c1ccc(S(=O)(=O)NCCC(=O)NCCCn2nc3ccccn3c2=O)cc1. The zero-order valence-corrected chi connectivity index (χ0v) is 19.4. The zero-order chi connectivity index (χ0) is 23.4. The summed E-state index contributed by atoms with van der Waals surface area (Å²) < 4.78 is 30.1. The van der Waals surface area contributed by atoms with Gasteiger partial charge < -0.3 is 5.32 Å². The lowest BCUT2D eigenvalue weighted by molar-refractivity contribution is -0.120. The van der Waals surface area contributed by atoms with Gasteiger partial charge in [0.1, 0.15) is 0 Å². The third-order valence-electron chi connectivity index (χ3n) is 5.03. The van der Waals surface area contributed by atoms with E-state index in [1.807, 2.05) is 6.07 Å². The average molecular weight is 460 g/mol. The van der Waals surface area contributed by atoms with Crippen LogP contribution in [0, 0.1) is 0 Å². The number of carbonyl (C=O) groups is 1. The topological polar surface area (TPSA) is 115 Å². The van der Waals surface area contributed by atoms with Crippen molar-refractivity contribution >= 4 is 21.6 Å². The highest BCUT2D eigenvalue weighted by Crippen LogP contribution is 2.23. The van der Waals surface area contributed by atoms with Crippen LogP contribution in [0.15, 0.2) is 58.4 Å². The van der Waals surface area contributed by atoms with Crippen LogP contribution in [0.25, 0.3) is 5.65 Å². The van der Waals surface area contributed by atoms with E-state index in [4.69, 9.17) is 0 Å². The smallest absolute Gasteiger partial charge is 0.350 e. The Bertz CT molecular complexity index is 1240. The largest absolute Gasteiger partial charge is 0.356 e. The molecule has 0 aliphatic carbocycles. The van der Waals surface area contributed by atoms with Crippen LogP contribution >= 0.6 is 0 Å². The lowest BCUT2D eigenvalue weighted by atomic mass is 9.87. The first-order chi connectivity index (χ1) is 15.1. The molecule has 2 N–H and O–H groups in total. The monoisotopic (exact) mass is 459 g/mol. The third-order valence-corrected chi connectivity index (χ3v) is 6.51. The lowest BCUT2D eigenvalue weighted by Gasteiger charge is -2.19. The molecule has 0 aliphatic rings. The highest BCUT2D eigenvalue weighted by molar-refractivity contribution is 7.89. The van der Waals surface area contributed by atoms with Crippen molar-refractivity contribution in [2.45, 2.75) is 50.5 Å². The molecule has 0 fully saturated rings. The Morgan fingerprint density at radius 3 is 2.44 bits per heavy atom. The van der Waals surface area contributed by atoms with Crippen molar-refractivity contribution in [2.24, 2.45) is 0 Å². The average Bonchev–Trinajstić information content (AvgIpc) is 3.06. The number of rotatable bonds is 9. The van der Waals surface area contributed by atoms with Gasteiger partial charge in [-0.1, -0.05) is 39.0 Å². The number of aryl methyl sites for hydroxylation is 1. The Kier molecular flexibility index (Phi) is 7.15. The minimum absolute atomic E-state index is 0.00107. The van der Waals surface area contributed by atoms with E-state index in [0.29, 0.717) is 25.2 Å². The second-order valence-corrected chi connectivity index (χ2v) is 10.3. The van der Waals surface area contributed by atoms with Crippen LogP contribution in [-0.2, 0) is 26.8 Å². The van der Waals surface area contributed by atoms with E-state index >= 15 is 0 Å². The van der Waals surface area contributed by atoms with Crippen LogP contribution in [0.1, 0.15) is 39.2 Å². The van der Waals surface area contributed by atoms with E-state index in [2.05, 4.69) is 35.9 Å². The molecule has 0 radical (unpaired) electrons. The van der Waals surface area contributed by atoms with Gasteiger partial charge in [0.15, 0.2) is 5.65 Å². The summed E-state index contributed by atoms with van der Waals surface area (Å²) in [5.74, 6) is -0.266. The molecule has 1 aromatic carbocycles. The first-order valence-electron chi connectivity index (χ1n) is 10.5. The Hall–Kier alpha value is -2.98. The molecule has 3 aromatic rings. The predicted octanol–water partition coefficient (Wildman–Crippen LogP) is 1.67. The van der Waals surface area contributed by atoms with Crippen LogP contribution in [0.4, 0.5) is 0 Å². The number of hydrogen-bond donors (Lipinski definition) is 2. The van der Waals surface area contributed by atoms with Gasteiger partial charge in [-0.3, -0.25) is 9.20 Å². The molecule has 2 heterocycles. The summed E-state index contributed by atoms with van der Waals surface area (Å²) in [6.07, 6.45) is 2.21. The fraction of sp³-hybridized carbons (Fsp3) is 0.409. The number of carbonyl (C=O) groups excluding carboxylic acids is 1. The Morgan fingerprint density at radius 1 is 1.06 bits per heavy atom. The minimum Gasteiger partial charge on any atom is -0.356 e. The molecular formula is C22H29N5O4S. The van der Waals surface area contributed by atoms with E-state index in [1.165, 1.54) is 9.08 Å². The minimum atomic E-state index is -3.68. The summed E-state index contributed by atoms with van der Waals surface area (Å²) in [5, 5.41) is 6.96. The van der Waals surface area contributed by atoms with E-state index in [9.17, 15) is 18.0 Å². The van der Waals surface area contributed by atoms with Gasteiger partial charge in [-0.05, 0) is 41.7 Å². The van der Waals surface area contributed by atoms with Crippen LogP contribution < -0.4 is 15.7 Å². The van der Waals surface area contributed by atoms with Gasteiger partial charge >= 0.3 is 5.69 Å². The molecule has 2 aromatic heterocycles. The molecule has 0 unspecified atom stereocenters. The highest BCUT2D eigenvalue weighted by atomic mass is 32.2. The standard InChI is InChI=1S/C22H29N5O4S/c1-22(2,3)17-8-10-18(11-9-17)32(30,31)24-14-12-20(28)23-13-6-16-27-21(29)26-15-5-4-7-19(26)25-27/h4-5,7-11,15,24H,6,12-14,16H2,1-3H3,(H,23,28). The number of pyridine rings is 1. The fourth-order valence-electron chi connectivity index (χ4n) is 3.18. The molecular weight excluding hydrogens is 430 g/mol. The number of nitrogens with zero attached hydrogens (tertiary/aromatic N) is 3. The van der Waals surface area contributed by atoms with E-state index in [0.717, 1.165) is 5.56 Å². The van der Waals surface area contributed by atoms with Crippen LogP contribution in [0.3, 0.4) is 0 Å². The molecule has 0 saturated heterocycles. The molecule has 0 spiro atoms. The van der Waals surface area contributed by atoms with E-state index in [1.54, 1.807) is 42.6 Å². The van der Waals surface area contributed by atoms with Gasteiger partial charge in [-0.25, -0.2) is 22.6 Å². The van der Waals surface area contributed by atoms with Gasteiger partial charge in [0.25, 0.3) is 0 Å². The van der Waals surface area contributed by atoms with Crippen molar-refractivity contribution in [3.8, 4) is 0 Å². The van der Waals surface area contributed by atoms with Crippen molar-refractivity contribution in [1.82, 2.24) is 24.2 Å². The van der Waals surface area contributed by atoms with E-state index < -0.39 is 10.0 Å². The Morgan fingerprint density at radius 2 is 1.78 bits per heavy atom. The van der Waals surface area contributed by atoms with Gasteiger partial charge in [0.05, 0.1) is 4.90 Å². The molecule has 0 bridgehead atoms. The lowest BCUT2D eigenvalue weighted by Crippen LogP contribution is -2.32. The molecule has 10 heteroatoms.